The third-order valence-electron chi connectivity index (χ3n) is 4.30. The minimum atomic E-state index is -0.229. The van der Waals surface area contributed by atoms with Crippen LogP contribution in [0, 0.1) is 6.92 Å². The average Bonchev–Trinajstić information content (AvgIpc) is 3.10. The second-order valence-electron chi connectivity index (χ2n) is 6.43. The Hall–Kier alpha value is -3.31. The van der Waals surface area contributed by atoms with E-state index >= 15 is 0 Å². The standard InChI is InChI=1S/C22H18ClN3O2/c1-14-10-19-20(12-18(14)23)26-22(25-19)15-6-5-7-16(11-15)24-21(27)13-28-17-8-3-2-4-9-17/h2-12H,13H2,1H3,(H,24,27)(H,25,26). The van der Waals surface area contributed by atoms with E-state index in [0.717, 1.165) is 22.2 Å². The molecule has 0 aliphatic heterocycles. The van der Waals surface area contributed by atoms with Gasteiger partial charge in [-0.2, -0.15) is 0 Å². The summed E-state index contributed by atoms with van der Waals surface area (Å²) in [5.41, 5.74) is 4.25. The maximum absolute atomic E-state index is 12.2. The maximum atomic E-state index is 12.2. The largest absolute Gasteiger partial charge is 0.484 e. The van der Waals surface area contributed by atoms with Gasteiger partial charge in [0, 0.05) is 16.3 Å². The van der Waals surface area contributed by atoms with Gasteiger partial charge < -0.3 is 15.0 Å². The molecule has 0 atom stereocenters. The Balaban J connectivity index is 1.49. The number of aromatic nitrogens is 2. The predicted octanol–water partition coefficient (Wildman–Crippen LogP) is 5.21. The van der Waals surface area contributed by atoms with Crippen LogP contribution >= 0.6 is 11.6 Å². The number of imidazole rings is 1. The average molecular weight is 392 g/mol. The topological polar surface area (TPSA) is 67.0 Å². The fourth-order valence-electron chi connectivity index (χ4n) is 2.88. The summed E-state index contributed by atoms with van der Waals surface area (Å²) in [6.45, 7) is 1.90. The third-order valence-corrected chi connectivity index (χ3v) is 4.70. The van der Waals surface area contributed by atoms with Crippen LogP contribution in [0.1, 0.15) is 5.56 Å². The van der Waals surface area contributed by atoms with Crippen LogP contribution in [-0.2, 0) is 4.79 Å². The molecule has 3 aromatic carbocycles. The van der Waals surface area contributed by atoms with Crippen LogP contribution in [0.3, 0.4) is 0 Å². The molecule has 0 fully saturated rings. The number of nitrogens with one attached hydrogen (secondary N) is 2. The first-order valence-corrected chi connectivity index (χ1v) is 9.20. The van der Waals surface area contributed by atoms with E-state index in [1.54, 1.807) is 0 Å². The van der Waals surface area contributed by atoms with Gasteiger partial charge in [-0.25, -0.2) is 4.98 Å². The lowest BCUT2D eigenvalue weighted by atomic mass is 10.2. The summed E-state index contributed by atoms with van der Waals surface area (Å²) < 4.78 is 5.47. The molecule has 2 N–H and O–H groups in total. The molecule has 4 aromatic rings. The molecule has 1 amide bonds. The highest BCUT2D eigenvalue weighted by Crippen LogP contribution is 2.26. The van der Waals surface area contributed by atoms with Crippen LogP contribution in [0.4, 0.5) is 5.69 Å². The number of halogens is 1. The van der Waals surface area contributed by atoms with Crippen LogP contribution in [0.15, 0.2) is 66.7 Å². The van der Waals surface area contributed by atoms with Crippen molar-refractivity contribution in [2.75, 3.05) is 11.9 Å². The quantitative estimate of drug-likeness (QED) is 0.490. The molecule has 28 heavy (non-hydrogen) atoms. The van der Waals surface area contributed by atoms with E-state index in [4.69, 9.17) is 16.3 Å². The minimum Gasteiger partial charge on any atom is -0.484 e. The van der Waals surface area contributed by atoms with Crippen molar-refractivity contribution in [3.8, 4) is 17.1 Å². The van der Waals surface area contributed by atoms with E-state index < -0.39 is 0 Å². The normalized spacial score (nSPS) is 10.8. The maximum Gasteiger partial charge on any atom is 0.262 e. The van der Waals surface area contributed by atoms with Crippen molar-refractivity contribution in [1.82, 2.24) is 9.97 Å². The Morgan fingerprint density at radius 1 is 1.11 bits per heavy atom. The molecule has 6 heteroatoms. The zero-order valence-electron chi connectivity index (χ0n) is 15.2. The van der Waals surface area contributed by atoms with Gasteiger partial charge in [0.1, 0.15) is 11.6 Å². The number of nitrogens with zero attached hydrogens (tertiary/aromatic N) is 1. The first kappa shape index (κ1) is 18.1. The summed E-state index contributed by atoms with van der Waals surface area (Å²) in [5.74, 6) is 1.14. The molecule has 0 radical (unpaired) electrons. The van der Waals surface area contributed by atoms with Gasteiger partial charge in [-0.3, -0.25) is 4.79 Å². The number of ether oxygens (including phenoxy) is 1. The number of benzene rings is 3. The Kier molecular flexibility index (Phi) is 5.00. The van der Waals surface area contributed by atoms with E-state index in [9.17, 15) is 4.79 Å². The molecule has 0 saturated heterocycles. The summed E-state index contributed by atoms with van der Waals surface area (Å²) in [6, 6.07) is 20.5. The van der Waals surface area contributed by atoms with Gasteiger partial charge in [0.15, 0.2) is 6.61 Å². The fourth-order valence-corrected chi connectivity index (χ4v) is 3.04. The van der Waals surface area contributed by atoms with Gasteiger partial charge in [0.05, 0.1) is 11.0 Å². The molecule has 5 nitrogen and oxygen atoms in total. The lowest BCUT2D eigenvalue weighted by Crippen LogP contribution is -2.20. The number of para-hydroxylation sites is 1. The number of fused-ring (bicyclic) bond motifs is 1. The van der Waals surface area contributed by atoms with E-state index in [1.165, 1.54) is 0 Å². The summed E-state index contributed by atoms with van der Waals surface area (Å²) in [4.78, 5) is 20.1. The molecule has 0 saturated carbocycles. The lowest BCUT2D eigenvalue weighted by Gasteiger charge is -2.08. The number of carbonyl (C=O) groups excluding carboxylic acids is 1. The van der Waals surface area contributed by atoms with Crippen LogP contribution < -0.4 is 10.1 Å². The number of carbonyl (C=O) groups is 1. The number of aryl methyl sites for hydroxylation is 1. The lowest BCUT2D eigenvalue weighted by molar-refractivity contribution is -0.118. The Labute approximate surface area is 167 Å². The first-order chi connectivity index (χ1) is 13.6. The Morgan fingerprint density at radius 3 is 2.75 bits per heavy atom. The van der Waals surface area contributed by atoms with Gasteiger partial charge in [0.25, 0.3) is 5.91 Å². The van der Waals surface area contributed by atoms with Gasteiger partial charge in [-0.05, 0) is 48.9 Å². The van der Waals surface area contributed by atoms with E-state index in [-0.39, 0.29) is 12.5 Å². The van der Waals surface area contributed by atoms with E-state index in [2.05, 4.69) is 15.3 Å². The zero-order chi connectivity index (χ0) is 19.5. The summed E-state index contributed by atoms with van der Waals surface area (Å²) >= 11 is 6.19. The Morgan fingerprint density at radius 2 is 1.93 bits per heavy atom. The van der Waals surface area contributed by atoms with E-state index in [1.807, 2.05) is 73.7 Å². The molecule has 140 valence electrons. The van der Waals surface area contributed by atoms with Crippen molar-refractivity contribution in [2.24, 2.45) is 0 Å². The second-order valence-corrected chi connectivity index (χ2v) is 6.84. The van der Waals surface area contributed by atoms with Crippen LogP contribution in [0.5, 0.6) is 5.75 Å². The van der Waals surface area contributed by atoms with Crippen molar-refractivity contribution < 1.29 is 9.53 Å². The van der Waals surface area contributed by atoms with Crippen LogP contribution in [0.25, 0.3) is 22.4 Å². The molecule has 0 aliphatic rings. The predicted molar refractivity (Wildman–Crippen MR) is 112 cm³/mol. The molecule has 1 heterocycles. The second kappa shape index (κ2) is 7.74. The van der Waals surface area contributed by atoms with Crippen molar-refractivity contribution in [2.45, 2.75) is 6.92 Å². The van der Waals surface area contributed by atoms with Gasteiger partial charge in [0.2, 0.25) is 0 Å². The van der Waals surface area contributed by atoms with Crippen molar-refractivity contribution in [3.05, 3.63) is 77.3 Å². The number of hydrogen-bond donors (Lipinski definition) is 2. The highest BCUT2D eigenvalue weighted by molar-refractivity contribution is 6.32. The smallest absolute Gasteiger partial charge is 0.262 e. The highest BCUT2D eigenvalue weighted by atomic mass is 35.5. The number of H-pyrrole nitrogens is 1. The molecule has 1 aromatic heterocycles. The van der Waals surface area contributed by atoms with E-state index in [0.29, 0.717) is 22.3 Å². The van der Waals surface area contributed by atoms with Crippen molar-refractivity contribution in [3.63, 3.8) is 0 Å². The molecule has 0 spiro atoms. The SMILES string of the molecule is Cc1cc2[nH]c(-c3cccc(NC(=O)COc4ccccc4)c3)nc2cc1Cl. The minimum absolute atomic E-state index is 0.0589. The summed E-state index contributed by atoms with van der Waals surface area (Å²) in [7, 11) is 0. The number of rotatable bonds is 5. The third kappa shape index (κ3) is 4.00. The first-order valence-electron chi connectivity index (χ1n) is 8.82. The van der Waals surface area contributed by atoms with Gasteiger partial charge >= 0.3 is 0 Å². The number of amides is 1. The van der Waals surface area contributed by atoms with Crippen molar-refractivity contribution >= 4 is 34.2 Å². The fraction of sp³-hybridized carbons (Fsp3) is 0.0909. The van der Waals surface area contributed by atoms with Crippen LogP contribution in [0.2, 0.25) is 5.02 Å². The Bertz CT molecular complexity index is 1100. The van der Waals surface area contributed by atoms with Crippen molar-refractivity contribution in [1.29, 1.82) is 0 Å². The molecular formula is C22H18ClN3O2. The van der Waals surface area contributed by atoms with Gasteiger partial charge in [-0.1, -0.05) is 41.9 Å². The molecule has 0 aliphatic carbocycles. The van der Waals surface area contributed by atoms with Crippen LogP contribution in [-0.4, -0.2) is 22.5 Å². The molecule has 4 rings (SSSR count). The summed E-state index contributed by atoms with van der Waals surface area (Å²) in [6.07, 6.45) is 0. The molecular weight excluding hydrogens is 374 g/mol. The molecule has 0 bridgehead atoms. The number of hydrogen-bond acceptors (Lipinski definition) is 3. The zero-order valence-corrected chi connectivity index (χ0v) is 16.0. The monoisotopic (exact) mass is 391 g/mol. The highest BCUT2D eigenvalue weighted by Gasteiger charge is 2.09. The van der Waals surface area contributed by atoms with Gasteiger partial charge in [-0.15, -0.1) is 0 Å². The number of anilines is 1. The molecule has 0 unspecified atom stereocenters. The number of aromatic amines is 1. The summed E-state index contributed by atoms with van der Waals surface area (Å²) in [5, 5.41) is 3.53.